The molecule has 0 aliphatic rings. The van der Waals surface area contributed by atoms with Gasteiger partial charge in [0.2, 0.25) is 0 Å². The Bertz CT molecular complexity index is 309. The minimum atomic E-state index is 0.523. The van der Waals surface area contributed by atoms with Crippen molar-refractivity contribution in [1.29, 1.82) is 0 Å². The zero-order chi connectivity index (χ0) is 10.6. The van der Waals surface area contributed by atoms with Gasteiger partial charge in [-0.15, -0.1) is 0 Å². The third-order valence-corrected chi connectivity index (χ3v) is 2.44. The Morgan fingerprint density at radius 3 is 2.29 bits per heavy atom. The molecular formula is C12H14Cl2. The average Bonchev–Trinajstić information content (AvgIpc) is 2.01. The lowest BCUT2D eigenvalue weighted by Gasteiger charge is -2.07. The molecule has 1 atom stereocenters. The van der Waals surface area contributed by atoms with E-state index in [2.05, 4.69) is 19.1 Å². The average molecular weight is 229 g/mol. The van der Waals surface area contributed by atoms with E-state index >= 15 is 0 Å². The lowest BCUT2D eigenvalue weighted by atomic mass is 10.0. The maximum absolute atomic E-state index is 5.91. The molecule has 0 saturated heterocycles. The van der Waals surface area contributed by atoms with Crippen LogP contribution in [0.15, 0.2) is 30.4 Å². The molecule has 14 heavy (non-hydrogen) atoms. The molecule has 0 aliphatic heterocycles. The first-order chi connectivity index (χ1) is 6.61. The molecule has 0 aromatic heterocycles. The monoisotopic (exact) mass is 228 g/mol. The van der Waals surface area contributed by atoms with E-state index in [1.807, 2.05) is 19.1 Å². The Hall–Kier alpha value is -0.460. The van der Waals surface area contributed by atoms with Crippen LogP contribution < -0.4 is 0 Å². The zero-order valence-electron chi connectivity index (χ0n) is 8.43. The van der Waals surface area contributed by atoms with Crippen LogP contribution in [0.1, 0.15) is 19.4 Å². The lowest BCUT2D eigenvalue weighted by molar-refractivity contribution is 0.722. The van der Waals surface area contributed by atoms with Crippen molar-refractivity contribution in [2.45, 2.75) is 20.3 Å². The largest absolute Gasteiger partial charge is 0.0914 e. The summed E-state index contributed by atoms with van der Waals surface area (Å²) in [6, 6.07) is 5.69. The summed E-state index contributed by atoms with van der Waals surface area (Å²) < 4.78 is 0. The second-order valence-corrected chi connectivity index (χ2v) is 4.36. The lowest BCUT2D eigenvalue weighted by Crippen LogP contribution is -1.95. The van der Waals surface area contributed by atoms with Gasteiger partial charge >= 0.3 is 0 Å². The fourth-order valence-electron chi connectivity index (χ4n) is 1.50. The summed E-state index contributed by atoms with van der Waals surface area (Å²) in [5, 5.41) is 1.42. The van der Waals surface area contributed by atoms with Crippen LogP contribution in [0.25, 0.3) is 0 Å². The third kappa shape index (κ3) is 3.73. The predicted octanol–water partition coefficient (Wildman–Crippen LogP) is 4.75. The molecule has 2 heteroatoms. The van der Waals surface area contributed by atoms with Gasteiger partial charge in [-0.3, -0.25) is 0 Å². The first-order valence-electron chi connectivity index (χ1n) is 4.69. The summed E-state index contributed by atoms with van der Waals surface area (Å²) in [6.07, 6.45) is 5.22. The summed E-state index contributed by atoms with van der Waals surface area (Å²) >= 11 is 11.8. The summed E-state index contributed by atoms with van der Waals surface area (Å²) in [4.78, 5) is 0. The molecule has 0 aliphatic carbocycles. The van der Waals surface area contributed by atoms with Crippen molar-refractivity contribution in [1.82, 2.24) is 0 Å². The van der Waals surface area contributed by atoms with E-state index in [9.17, 15) is 0 Å². The molecule has 0 nitrogen and oxygen atoms in total. The molecule has 0 spiro atoms. The predicted molar refractivity (Wildman–Crippen MR) is 64.1 cm³/mol. The van der Waals surface area contributed by atoms with Crippen LogP contribution in [0.2, 0.25) is 10.0 Å². The Morgan fingerprint density at radius 2 is 1.79 bits per heavy atom. The standard InChI is InChI=1S/C12H14Cl2/c1-3-4-9(2)5-10-6-11(13)8-12(14)7-10/h3-4,6-9H,5H2,1-2H3/b4-3-. The van der Waals surface area contributed by atoms with Crippen LogP contribution in [0, 0.1) is 5.92 Å². The van der Waals surface area contributed by atoms with Crippen LogP contribution in [0.4, 0.5) is 0 Å². The minimum absolute atomic E-state index is 0.523. The van der Waals surface area contributed by atoms with Crippen LogP contribution in [-0.4, -0.2) is 0 Å². The van der Waals surface area contributed by atoms with Crippen molar-refractivity contribution in [3.05, 3.63) is 46.0 Å². The van der Waals surface area contributed by atoms with Gasteiger partial charge in [0.05, 0.1) is 0 Å². The van der Waals surface area contributed by atoms with Gasteiger partial charge in [0, 0.05) is 10.0 Å². The highest BCUT2D eigenvalue weighted by molar-refractivity contribution is 6.34. The Balaban J connectivity index is 2.76. The molecule has 0 radical (unpaired) electrons. The van der Waals surface area contributed by atoms with Gasteiger partial charge in [0.15, 0.2) is 0 Å². The quantitative estimate of drug-likeness (QED) is 0.656. The number of halogens is 2. The molecule has 0 saturated carbocycles. The van der Waals surface area contributed by atoms with Crippen molar-refractivity contribution < 1.29 is 0 Å². The first kappa shape index (κ1) is 11.6. The van der Waals surface area contributed by atoms with Gasteiger partial charge in [0.25, 0.3) is 0 Å². The van der Waals surface area contributed by atoms with Crippen molar-refractivity contribution in [2.75, 3.05) is 0 Å². The number of rotatable bonds is 3. The van der Waals surface area contributed by atoms with Gasteiger partial charge in [-0.05, 0) is 43.0 Å². The number of allylic oxidation sites excluding steroid dienone is 2. The normalized spacial score (nSPS) is 13.4. The number of benzene rings is 1. The molecule has 0 heterocycles. The maximum atomic E-state index is 5.91. The van der Waals surface area contributed by atoms with E-state index < -0.39 is 0 Å². The Labute approximate surface area is 95.5 Å². The second-order valence-electron chi connectivity index (χ2n) is 3.48. The topological polar surface area (TPSA) is 0 Å². The van der Waals surface area contributed by atoms with Crippen molar-refractivity contribution in [3.8, 4) is 0 Å². The molecule has 0 bridgehead atoms. The second kappa shape index (κ2) is 5.43. The van der Waals surface area contributed by atoms with Gasteiger partial charge in [-0.25, -0.2) is 0 Å². The van der Waals surface area contributed by atoms with E-state index in [1.54, 1.807) is 6.07 Å². The Kier molecular flexibility index (Phi) is 4.50. The van der Waals surface area contributed by atoms with Crippen LogP contribution in [0.3, 0.4) is 0 Å². The fourth-order valence-corrected chi connectivity index (χ4v) is 2.07. The van der Waals surface area contributed by atoms with Crippen LogP contribution in [0.5, 0.6) is 0 Å². The number of hydrogen-bond acceptors (Lipinski definition) is 0. The zero-order valence-corrected chi connectivity index (χ0v) is 9.94. The van der Waals surface area contributed by atoms with Crippen molar-refractivity contribution >= 4 is 23.2 Å². The Morgan fingerprint density at radius 1 is 1.21 bits per heavy atom. The molecule has 1 unspecified atom stereocenters. The summed E-state index contributed by atoms with van der Waals surface area (Å²) in [5.74, 6) is 0.523. The summed E-state index contributed by atoms with van der Waals surface area (Å²) in [6.45, 7) is 4.20. The molecule has 1 aromatic carbocycles. The highest BCUT2D eigenvalue weighted by Gasteiger charge is 2.02. The van der Waals surface area contributed by atoms with Gasteiger partial charge in [0.1, 0.15) is 0 Å². The van der Waals surface area contributed by atoms with Gasteiger partial charge < -0.3 is 0 Å². The molecule has 1 aromatic rings. The minimum Gasteiger partial charge on any atom is -0.0914 e. The fraction of sp³-hybridized carbons (Fsp3) is 0.333. The van der Waals surface area contributed by atoms with E-state index in [1.165, 1.54) is 5.56 Å². The van der Waals surface area contributed by atoms with Gasteiger partial charge in [-0.2, -0.15) is 0 Å². The first-order valence-corrected chi connectivity index (χ1v) is 5.45. The van der Waals surface area contributed by atoms with E-state index in [0.717, 1.165) is 6.42 Å². The molecule has 76 valence electrons. The molecule has 0 N–H and O–H groups in total. The highest BCUT2D eigenvalue weighted by atomic mass is 35.5. The van der Waals surface area contributed by atoms with Crippen LogP contribution >= 0.6 is 23.2 Å². The summed E-state index contributed by atoms with van der Waals surface area (Å²) in [7, 11) is 0. The molecule has 0 amide bonds. The molecular weight excluding hydrogens is 215 g/mol. The third-order valence-electron chi connectivity index (χ3n) is 2.00. The van der Waals surface area contributed by atoms with E-state index in [0.29, 0.717) is 16.0 Å². The smallest absolute Gasteiger partial charge is 0.0423 e. The summed E-state index contributed by atoms with van der Waals surface area (Å²) in [5.41, 5.74) is 1.19. The van der Waals surface area contributed by atoms with E-state index in [-0.39, 0.29) is 0 Å². The van der Waals surface area contributed by atoms with Crippen LogP contribution in [-0.2, 0) is 6.42 Å². The van der Waals surface area contributed by atoms with Crippen molar-refractivity contribution in [3.63, 3.8) is 0 Å². The van der Waals surface area contributed by atoms with E-state index in [4.69, 9.17) is 23.2 Å². The number of hydrogen-bond donors (Lipinski definition) is 0. The SMILES string of the molecule is C/C=C\C(C)Cc1cc(Cl)cc(Cl)c1. The molecule has 1 rings (SSSR count). The highest BCUT2D eigenvalue weighted by Crippen LogP contribution is 2.21. The molecule has 0 fully saturated rings. The maximum Gasteiger partial charge on any atom is 0.0423 e. The van der Waals surface area contributed by atoms with Crippen molar-refractivity contribution in [2.24, 2.45) is 5.92 Å². The van der Waals surface area contributed by atoms with Gasteiger partial charge in [-0.1, -0.05) is 42.3 Å².